The molecule has 2 aliphatic heterocycles. The minimum Gasteiger partial charge on any atom is -0.465 e. The minimum absolute atomic E-state index is 0.00651. The number of carbonyl (C=O) groups excluding carboxylic acids is 5. The van der Waals surface area contributed by atoms with Crippen LogP contribution in [0.15, 0.2) is 60.4 Å². The molecule has 5 amide bonds. The molecule has 5 rings (SSSR count). The van der Waals surface area contributed by atoms with Crippen LogP contribution >= 0.6 is 0 Å². The van der Waals surface area contributed by atoms with Crippen LogP contribution in [0.2, 0.25) is 0 Å². The summed E-state index contributed by atoms with van der Waals surface area (Å²) in [5, 5.41) is 68.3. The van der Waals surface area contributed by atoms with Gasteiger partial charge in [0.1, 0.15) is 54.6 Å². The van der Waals surface area contributed by atoms with Crippen LogP contribution in [-0.4, -0.2) is 153 Å². The van der Waals surface area contributed by atoms with Gasteiger partial charge < -0.3 is 74.6 Å². The number of nitrogens with one attached hydrogen (secondary N) is 4. The van der Waals surface area contributed by atoms with Gasteiger partial charge in [0.15, 0.2) is 6.29 Å². The zero-order valence-corrected chi connectivity index (χ0v) is 39.4. The van der Waals surface area contributed by atoms with Gasteiger partial charge in [-0.25, -0.2) is 14.4 Å². The number of likely N-dealkylation sites (N-methyl/N-ethyl adjacent to an activating group) is 1. The van der Waals surface area contributed by atoms with Crippen LogP contribution in [0.4, 0.5) is 25.8 Å². The fraction of sp³-hybridized carbons (Fsp3) is 0.568. The van der Waals surface area contributed by atoms with Crippen molar-refractivity contribution in [3.63, 3.8) is 0 Å². The molecule has 26 heteroatoms. The van der Waals surface area contributed by atoms with Crippen molar-refractivity contribution in [1.29, 1.82) is 0 Å². The zero-order chi connectivity index (χ0) is 51.7. The highest BCUT2D eigenvalue weighted by Crippen LogP contribution is 2.35. The number of amides is 5. The summed E-state index contributed by atoms with van der Waals surface area (Å²) in [6.45, 7) is 7.36. The molecule has 1 saturated carbocycles. The molecule has 2 aromatic rings. The maximum Gasteiger partial charge on any atom is 0.410 e. The topological polar surface area (TPSA) is 348 Å². The maximum absolute atomic E-state index is 13.5. The Balaban J connectivity index is 1.45. The first kappa shape index (κ1) is 54.2. The predicted molar refractivity (Wildman–Crippen MR) is 239 cm³/mol. The van der Waals surface area contributed by atoms with Gasteiger partial charge in [0.2, 0.25) is 18.1 Å². The summed E-state index contributed by atoms with van der Waals surface area (Å²) in [5.41, 5.74) is -2.39. The summed E-state index contributed by atoms with van der Waals surface area (Å²) >= 11 is 0. The first-order valence-corrected chi connectivity index (χ1v) is 22.0. The molecule has 384 valence electrons. The number of rotatable bonds is 16. The Morgan fingerprint density at radius 2 is 1.29 bits per heavy atom. The number of nitro groups is 2. The van der Waals surface area contributed by atoms with Crippen molar-refractivity contribution < 1.29 is 82.3 Å². The second-order valence-electron chi connectivity index (χ2n) is 18.1. The summed E-state index contributed by atoms with van der Waals surface area (Å²) in [6.07, 6.45) is -11.8. The number of hydrogen-bond donors (Lipinski definition) is 7. The van der Waals surface area contributed by atoms with Crippen molar-refractivity contribution in [2.75, 3.05) is 20.2 Å². The molecule has 0 unspecified atom stereocenters. The van der Waals surface area contributed by atoms with E-state index in [0.717, 1.165) is 4.90 Å². The lowest BCUT2D eigenvalue weighted by molar-refractivity contribution is -0.385. The molecule has 2 fully saturated rings. The fourth-order valence-electron chi connectivity index (χ4n) is 7.91. The Hall–Kier alpha value is -6.71. The number of non-ortho nitro benzene ring substituents is 2. The van der Waals surface area contributed by atoms with Gasteiger partial charge >= 0.3 is 18.3 Å². The van der Waals surface area contributed by atoms with Crippen LogP contribution in [0.25, 0.3) is 0 Å². The van der Waals surface area contributed by atoms with Crippen LogP contribution in [0.5, 0.6) is 0 Å². The van der Waals surface area contributed by atoms with Crippen molar-refractivity contribution in [2.45, 2.75) is 140 Å². The lowest BCUT2D eigenvalue weighted by Crippen LogP contribution is -2.70. The van der Waals surface area contributed by atoms with Crippen LogP contribution < -0.4 is 21.3 Å². The SMILES string of the molecule is CC(=O)NCC1=CC[C@@H](NC(=O)OCc2ccc([N+](=O)[O-])cc2)[C@@H](O[C@H]2[C@H](O)[C@@H](O[C@H]3OC[C@](C)(O)[C@H](N(C)C(=O)OC(C)(C)C)[C@H]3O)[C@H](NC(C)=O)C[C@@H]2NC(=O)OCc2ccc([N+](=O)[O-])cc2)O1. The smallest absolute Gasteiger partial charge is 0.410 e. The van der Waals surface area contributed by atoms with Crippen LogP contribution in [-0.2, 0) is 56.0 Å². The average molecular weight is 990 g/mol. The van der Waals surface area contributed by atoms with E-state index in [2.05, 4.69) is 21.3 Å². The number of nitrogens with zero attached hydrogens (tertiary/aromatic N) is 3. The molecule has 70 heavy (non-hydrogen) atoms. The van der Waals surface area contributed by atoms with Gasteiger partial charge in [0.05, 0.1) is 47.2 Å². The number of aliphatic hydroxyl groups is 3. The van der Waals surface area contributed by atoms with E-state index in [1.165, 1.54) is 76.3 Å². The lowest BCUT2D eigenvalue weighted by atomic mass is 9.83. The van der Waals surface area contributed by atoms with Gasteiger partial charge in [0.25, 0.3) is 11.4 Å². The molecule has 7 N–H and O–H groups in total. The highest BCUT2D eigenvalue weighted by atomic mass is 16.7. The summed E-state index contributed by atoms with van der Waals surface area (Å²) in [7, 11) is 1.30. The number of carbonyl (C=O) groups is 5. The Bertz CT molecular complexity index is 2240. The number of nitro benzene ring substituents is 2. The molecule has 2 heterocycles. The summed E-state index contributed by atoms with van der Waals surface area (Å²) < 4.78 is 41.0. The normalized spacial score (nSPS) is 27.5. The number of aliphatic hydroxyl groups excluding tert-OH is 2. The third-order valence-corrected chi connectivity index (χ3v) is 11.2. The van der Waals surface area contributed by atoms with E-state index < -0.39 is 119 Å². The van der Waals surface area contributed by atoms with Crippen LogP contribution in [0.3, 0.4) is 0 Å². The molecule has 0 radical (unpaired) electrons. The van der Waals surface area contributed by atoms with E-state index in [1.54, 1.807) is 26.8 Å². The van der Waals surface area contributed by atoms with Gasteiger partial charge in [-0.15, -0.1) is 0 Å². The second kappa shape index (κ2) is 23.3. The number of hydrogen-bond acceptors (Lipinski definition) is 19. The van der Waals surface area contributed by atoms with Crippen molar-refractivity contribution in [1.82, 2.24) is 26.2 Å². The standard InChI is InChI=1S/C44H59N7O19/c1-23(52)45-19-29-16-17-30(47-40(56)64-20-25-8-12-27(13-9-25)50(60)61)38(67-29)68-36-32(48-41(57)65-21-26-10-14-28(15-11-26)51(62)63)18-31(46-24(2)53)35(33(36)54)69-39-34(55)37(44(6,59)22-66-39)49(7)42(58)70-43(3,4)5/h8-16,30-39,54-55,59H,17-22H2,1-7H3,(H,45,52)(H,46,53)(H,47,56)(H,48,57)/t30-,31-,32+,33-,34-,35+,36-,37-,38-,39-,44+/m1/s1. The molecule has 1 saturated heterocycles. The molecule has 3 aliphatic rings. The molecule has 0 aromatic heterocycles. The molecule has 0 spiro atoms. The first-order chi connectivity index (χ1) is 32.8. The summed E-state index contributed by atoms with van der Waals surface area (Å²) in [4.78, 5) is 86.6. The fourth-order valence-corrected chi connectivity index (χ4v) is 7.91. The van der Waals surface area contributed by atoms with Gasteiger partial charge in [0, 0.05) is 45.2 Å². The van der Waals surface area contributed by atoms with E-state index in [1.807, 2.05) is 0 Å². The number of ether oxygens (including phenoxy) is 7. The minimum atomic E-state index is -1.89. The first-order valence-electron chi connectivity index (χ1n) is 22.0. The predicted octanol–water partition coefficient (Wildman–Crippen LogP) is 1.90. The zero-order valence-electron chi connectivity index (χ0n) is 39.4. The van der Waals surface area contributed by atoms with E-state index in [4.69, 9.17) is 33.2 Å². The third-order valence-electron chi connectivity index (χ3n) is 11.2. The molecule has 26 nitrogen and oxygen atoms in total. The number of benzene rings is 2. The largest absolute Gasteiger partial charge is 0.465 e. The Morgan fingerprint density at radius 1 is 0.786 bits per heavy atom. The molecular formula is C44H59N7O19. The Kier molecular flexibility index (Phi) is 18.0. The maximum atomic E-state index is 13.5. The second-order valence-corrected chi connectivity index (χ2v) is 18.1. The van der Waals surface area contributed by atoms with Gasteiger partial charge in [-0.1, -0.05) is 0 Å². The van der Waals surface area contributed by atoms with E-state index >= 15 is 0 Å². The highest BCUT2D eigenvalue weighted by Gasteiger charge is 2.55. The highest BCUT2D eigenvalue weighted by molar-refractivity contribution is 5.74. The molecule has 2 aromatic carbocycles. The number of alkyl carbamates (subject to hydrolysis) is 2. The summed E-state index contributed by atoms with van der Waals surface area (Å²) in [5.74, 6) is -0.849. The quantitative estimate of drug-likeness (QED) is 0.0717. The Morgan fingerprint density at radius 3 is 1.77 bits per heavy atom. The molecule has 1 aliphatic carbocycles. The molecular weight excluding hydrogens is 931 g/mol. The van der Waals surface area contributed by atoms with Crippen LogP contribution in [0, 0.1) is 20.2 Å². The lowest BCUT2D eigenvalue weighted by Gasteiger charge is -2.50. The van der Waals surface area contributed by atoms with Gasteiger partial charge in [-0.2, -0.15) is 0 Å². The van der Waals surface area contributed by atoms with Crippen molar-refractivity contribution in [3.8, 4) is 0 Å². The van der Waals surface area contributed by atoms with E-state index in [-0.39, 0.29) is 49.7 Å². The van der Waals surface area contributed by atoms with Crippen LogP contribution in [0.1, 0.15) is 65.5 Å². The van der Waals surface area contributed by atoms with E-state index in [9.17, 15) is 59.5 Å². The Labute approximate surface area is 401 Å². The average Bonchev–Trinajstić information content (AvgIpc) is 3.27. The van der Waals surface area contributed by atoms with Crippen molar-refractivity contribution in [3.05, 3.63) is 91.7 Å². The summed E-state index contributed by atoms with van der Waals surface area (Å²) in [6, 6.07) is 5.47. The van der Waals surface area contributed by atoms with Gasteiger partial charge in [-0.3, -0.25) is 29.8 Å². The molecule has 0 bridgehead atoms. The van der Waals surface area contributed by atoms with E-state index in [0.29, 0.717) is 11.1 Å². The van der Waals surface area contributed by atoms with Crippen molar-refractivity contribution in [2.24, 2.45) is 0 Å². The molecule has 11 atom stereocenters. The van der Waals surface area contributed by atoms with Crippen molar-refractivity contribution >= 4 is 41.5 Å². The third kappa shape index (κ3) is 14.9. The van der Waals surface area contributed by atoms with Gasteiger partial charge in [-0.05, 0) is 82.0 Å². The monoisotopic (exact) mass is 989 g/mol.